The third-order valence-corrected chi connectivity index (χ3v) is 3.22. The number of hydrogen-bond donors (Lipinski definition) is 1. The molecular formula is C8H12N6OS. The Bertz CT molecular complexity index is 479. The number of nitrogens with zero attached hydrogens (tertiary/aromatic N) is 5. The van der Waals surface area contributed by atoms with E-state index in [-0.39, 0.29) is 0 Å². The Balaban J connectivity index is 2.05. The summed E-state index contributed by atoms with van der Waals surface area (Å²) in [5, 5.41) is 16.3. The van der Waals surface area contributed by atoms with Crippen molar-refractivity contribution in [2.24, 2.45) is 12.8 Å². The molecule has 86 valence electrons. The molecule has 0 aliphatic heterocycles. The van der Waals surface area contributed by atoms with Gasteiger partial charge >= 0.3 is 0 Å². The molecule has 0 radical (unpaired) electrons. The highest BCUT2D eigenvalue weighted by atomic mass is 32.2. The van der Waals surface area contributed by atoms with Crippen LogP contribution in [0.25, 0.3) is 0 Å². The van der Waals surface area contributed by atoms with E-state index in [0.29, 0.717) is 12.3 Å². The van der Waals surface area contributed by atoms with E-state index in [1.54, 1.807) is 0 Å². The van der Waals surface area contributed by atoms with Crippen molar-refractivity contribution >= 4 is 11.8 Å². The molecule has 8 heteroatoms. The molecule has 0 spiro atoms. The van der Waals surface area contributed by atoms with Crippen LogP contribution in [-0.2, 0) is 19.3 Å². The van der Waals surface area contributed by atoms with Crippen LogP contribution in [0.1, 0.15) is 17.2 Å². The number of aryl methyl sites for hydroxylation is 1. The van der Waals surface area contributed by atoms with Crippen LogP contribution in [-0.4, -0.2) is 25.1 Å². The van der Waals surface area contributed by atoms with Crippen LogP contribution in [0.5, 0.6) is 0 Å². The highest BCUT2D eigenvalue weighted by molar-refractivity contribution is 7.98. The largest absolute Gasteiger partial charge is 0.324 e. The average Bonchev–Trinajstić information content (AvgIpc) is 2.83. The van der Waals surface area contributed by atoms with Gasteiger partial charge in [-0.1, -0.05) is 22.1 Å². The molecule has 2 heterocycles. The molecule has 2 aromatic rings. The Morgan fingerprint density at radius 3 is 2.75 bits per heavy atom. The van der Waals surface area contributed by atoms with Gasteiger partial charge in [0.2, 0.25) is 0 Å². The van der Waals surface area contributed by atoms with Gasteiger partial charge in [-0.3, -0.25) is 0 Å². The minimum atomic E-state index is 0.384. The molecule has 0 saturated heterocycles. The minimum Gasteiger partial charge on any atom is -0.324 e. The summed E-state index contributed by atoms with van der Waals surface area (Å²) in [5.41, 5.74) is 7.13. The van der Waals surface area contributed by atoms with Crippen LogP contribution < -0.4 is 5.73 Å². The normalized spacial score (nSPS) is 10.9. The molecule has 0 saturated carbocycles. The Morgan fingerprint density at radius 2 is 2.19 bits per heavy atom. The van der Waals surface area contributed by atoms with Crippen LogP contribution in [0.4, 0.5) is 0 Å². The van der Waals surface area contributed by atoms with Gasteiger partial charge in [-0.2, -0.15) is 0 Å². The van der Waals surface area contributed by atoms with E-state index in [4.69, 9.17) is 5.73 Å². The van der Waals surface area contributed by atoms with Crippen molar-refractivity contribution in [3.05, 3.63) is 17.2 Å². The van der Waals surface area contributed by atoms with Crippen molar-refractivity contribution < 1.29 is 4.63 Å². The SMILES string of the molecule is Cc1nonc1CSc1nnc(CN)n1C. The lowest BCUT2D eigenvalue weighted by Crippen LogP contribution is -2.05. The van der Waals surface area contributed by atoms with E-state index in [9.17, 15) is 0 Å². The van der Waals surface area contributed by atoms with Gasteiger partial charge in [0, 0.05) is 12.8 Å². The van der Waals surface area contributed by atoms with Gasteiger partial charge in [-0.05, 0) is 6.92 Å². The van der Waals surface area contributed by atoms with Crippen LogP contribution in [0.2, 0.25) is 0 Å². The fraction of sp³-hybridized carbons (Fsp3) is 0.500. The fourth-order valence-corrected chi connectivity index (χ4v) is 2.09. The van der Waals surface area contributed by atoms with Crippen LogP contribution >= 0.6 is 11.8 Å². The maximum Gasteiger partial charge on any atom is 0.191 e. The van der Waals surface area contributed by atoms with Crippen molar-refractivity contribution in [1.82, 2.24) is 25.1 Å². The lowest BCUT2D eigenvalue weighted by atomic mass is 10.4. The van der Waals surface area contributed by atoms with Gasteiger partial charge in [0.15, 0.2) is 5.16 Å². The molecule has 7 nitrogen and oxygen atoms in total. The average molecular weight is 240 g/mol. The van der Waals surface area contributed by atoms with Crippen LogP contribution in [0.3, 0.4) is 0 Å². The second-order valence-electron chi connectivity index (χ2n) is 3.25. The number of thioether (sulfide) groups is 1. The summed E-state index contributed by atoms with van der Waals surface area (Å²) < 4.78 is 6.48. The van der Waals surface area contributed by atoms with E-state index in [2.05, 4.69) is 25.1 Å². The number of nitrogens with two attached hydrogens (primary N) is 1. The molecule has 2 N–H and O–H groups in total. The summed E-state index contributed by atoms with van der Waals surface area (Å²) in [5.74, 6) is 1.42. The molecule has 16 heavy (non-hydrogen) atoms. The Kier molecular flexibility index (Phi) is 3.20. The lowest BCUT2D eigenvalue weighted by molar-refractivity contribution is 0.302. The first-order chi connectivity index (χ1) is 7.72. The van der Waals surface area contributed by atoms with Gasteiger partial charge < -0.3 is 10.3 Å². The summed E-state index contributed by atoms with van der Waals surface area (Å²) in [4.78, 5) is 0. The summed E-state index contributed by atoms with van der Waals surface area (Å²) >= 11 is 1.53. The highest BCUT2D eigenvalue weighted by Gasteiger charge is 2.10. The standard InChI is InChI=1S/C8H12N6OS/c1-5-6(13-15-12-5)4-16-8-11-10-7(3-9)14(8)2/h3-4,9H2,1-2H3. The maximum absolute atomic E-state index is 5.51. The van der Waals surface area contributed by atoms with E-state index < -0.39 is 0 Å². The summed E-state index contributed by atoms with van der Waals surface area (Å²) in [6.07, 6.45) is 0. The molecule has 2 rings (SSSR count). The maximum atomic E-state index is 5.51. The second-order valence-corrected chi connectivity index (χ2v) is 4.19. The van der Waals surface area contributed by atoms with Crippen LogP contribution in [0.15, 0.2) is 9.79 Å². The lowest BCUT2D eigenvalue weighted by Gasteiger charge is -2.00. The highest BCUT2D eigenvalue weighted by Crippen LogP contribution is 2.20. The molecular weight excluding hydrogens is 228 g/mol. The zero-order chi connectivity index (χ0) is 11.5. The van der Waals surface area contributed by atoms with E-state index in [1.165, 1.54) is 11.8 Å². The third-order valence-electron chi connectivity index (χ3n) is 2.19. The molecule has 0 aliphatic carbocycles. The topological polar surface area (TPSA) is 95.7 Å². The van der Waals surface area contributed by atoms with E-state index in [1.807, 2.05) is 18.5 Å². The van der Waals surface area contributed by atoms with Crippen molar-refractivity contribution in [3.63, 3.8) is 0 Å². The second kappa shape index (κ2) is 4.62. The summed E-state index contributed by atoms with van der Waals surface area (Å²) in [6.45, 7) is 2.24. The first-order valence-corrected chi connectivity index (χ1v) is 5.70. The Labute approximate surface area is 96.4 Å². The molecule has 2 aromatic heterocycles. The molecule has 0 unspecified atom stereocenters. The predicted molar refractivity (Wildman–Crippen MR) is 57.5 cm³/mol. The zero-order valence-electron chi connectivity index (χ0n) is 9.04. The fourth-order valence-electron chi connectivity index (χ4n) is 1.16. The van der Waals surface area contributed by atoms with E-state index >= 15 is 0 Å². The molecule has 0 fully saturated rings. The number of aromatic nitrogens is 5. The minimum absolute atomic E-state index is 0.384. The molecule has 0 amide bonds. The molecule has 0 atom stereocenters. The van der Waals surface area contributed by atoms with Crippen molar-refractivity contribution in [3.8, 4) is 0 Å². The zero-order valence-corrected chi connectivity index (χ0v) is 9.86. The van der Waals surface area contributed by atoms with E-state index in [0.717, 1.165) is 22.4 Å². The van der Waals surface area contributed by atoms with Gasteiger partial charge in [0.05, 0.1) is 6.54 Å². The van der Waals surface area contributed by atoms with Crippen molar-refractivity contribution in [2.45, 2.75) is 24.4 Å². The third kappa shape index (κ3) is 2.07. The van der Waals surface area contributed by atoms with Crippen molar-refractivity contribution in [2.75, 3.05) is 0 Å². The predicted octanol–water partition coefficient (Wildman–Crippen LogP) is 0.258. The smallest absolute Gasteiger partial charge is 0.191 e. The van der Waals surface area contributed by atoms with Gasteiger partial charge in [0.25, 0.3) is 0 Å². The Hall–Kier alpha value is -1.41. The first kappa shape index (κ1) is 11.1. The van der Waals surface area contributed by atoms with Gasteiger partial charge in [-0.15, -0.1) is 10.2 Å². The van der Waals surface area contributed by atoms with Gasteiger partial charge in [0.1, 0.15) is 17.2 Å². The molecule has 0 aliphatic rings. The quantitative estimate of drug-likeness (QED) is 0.765. The van der Waals surface area contributed by atoms with Crippen LogP contribution in [0, 0.1) is 6.92 Å². The molecule has 0 bridgehead atoms. The summed E-state index contributed by atoms with van der Waals surface area (Å²) in [7, 11) is 1.89. The Morgan fingerprint density at radius 1 is 1.38 bits per heavy atom. The summed E-state index contributed by atoms with van der Waals surface area (Å²) in [6, 6.07) is 0. The van der Waals surface area contributed by atoms with Crippen molar-refractivity contribution in [1.29, 1.82) is 0 Å². The first-order valence-electron chi connectivity index (χ1n) is 4.71. The number of rotatable bonds is 4. The monoisotopic (exact) mass is 240 g/mol. The van der Waals surface area contributed by atoms with Gasteiger partial charge in [-0.25, -0.2) is 4.63 Å². The number of hydrogen-bond acceptors (Lipinski definition) is 7. The molecule has 0 aromatic carbocycles.